The summed E-state index contributed by atoms with van der Waals surface area (Å²) in [4.78, 5) is 14.1. The number of benzene rings is 1. The monoisotopic (exact) mass is 376 g/mol. The number of amides is 1. The molecule has 1 amide bonds. The Hall–Kier alpha value is -2.74. The molecule has 0 saturated carbocycles. The minimum atomic E-state index is -0.487. The number of hydrogen-bond acceptors (Lipinski definition) is 6. The molecule has 0 saturated heterocycles. The average molecular weight is 376 g/mol. The van der Waals surface area contributed by atoms with Crippen LogP contribution in [0.1, 0.15) is 19.8 Å². The Balaban J connectivity index is 1.78. The van der Waals surface area contributed by atoms with Crippen LogP contribution in [0.4, 0.5) is 15.8 Å². The molecule has 0 fully saturated rings. The maximum Gasteiger partial charge on any atom is 0.254 e. The highest BCUT2D eigenvalue weighted by Gasteiger charge is 2.29. The Labute approximate surface area is 157 Å². The minimum Gasteiger partial charge on any atom is -0.492 e. The molecule has 8 heteroatoms. The van der Waals surface area contributed by atoms with Crippen LogP contribution in [-0.2, 0) is 9.53 Å². The van der Waals surface area contributed by atoms with Crippen LogP contribution in [0.5, 0.6) is 0 Å². The van der Waals surface area contributed by atoms with Gasteiger partial charge in [0.1, 0.15) is 24.3 Å². The number of aliphatic hydroxyl groups excluding tert-OH is 1. The van der Waals surface area contributed by atoms with Crippen LogP contribution in [0.3, 0.4) is 0 Å². The van der Waals surface area contributed by atoms with Gasteiger partial charge in [-0.05, 0) is 31.5 Å². The number of carbonyl (C=O) groups excluding carboxylic acids is 1. The molecular weight excluding hydrogens is 351 g/mol. The first-order valence-electron chi connectivity index (χ1n) is 9.06. The van der Waals surface area contributed by atoms with Gasteiger partial charge in [0.2, 0.25) is 0 Å². The molecular formula is C19H25FN4O3. The lowest BCUT2D eigenvalue weighted by molar-refractivity contribution is -0.115. The normalized spacial score (nSPS) is 19.6. The quantitative estimate of drug-likeness (QED) is 0.579. The van der Waals surface area contributed by atoms with Crippen LogP contribution < -0.4 is 20.9 Å². The van der Waals surface area contributed by atoms with Gasteiger partial charge in [-0.1, -0.05) is 0 Å². The van der Waals surface area contributed by atoms with Gasteiger partial charge in [0, 0.05) is 43.2 Å². The Bertz CT molecular complexity index is 750. The number of nitrogens with one attached hydrogen (secondary N) is 3. The van der Waals surface area contributed by atoms with Crippen molar-refractivity contribution < 1.29 is 19.0 Å². The van der Waals surface area contributed by atoms with Gasteiger partial charge in [0.25, 0.3) is 5.91 Å². The van der Waals surface area contributed by atoms with Crippen LogP contribution in [0.2, 0.25) is 0 Å². The van der Waals surface area contributed by atoms with Gasteiger partial charge in [-0.15, -0.1) is 0 Å². The molecule has 0 spiro atoms. The van der Waals surface area contributed by atoms with E-state index in [1.807, 2.05) is 13.1 Å². The Kier molecular flexibility index (Phi) is 6.18. The number of ether oxygens (including phenoxy) is 1. The van der Waals surface area contributed by atoms with Crippen LogP contribution in [0, 0.1) is 5.82 Å². The highest BCUT2D eigenvalue weighted by atomic mass is 19.1. The summed E-state index contributed by atoms with van der Waals surface area (Å²) in [6, 6.07) is 4.54. The predicted octanol–water partition coefficient (Wildman–Crippen LogP) is 1.64. The van der Waals surface area contributed by atoms with Crippen molar-refractivity contribution in [2.75, 3.05) is 36.5 Å². The van der Waals surface area contributed by atoms with E-state index in [9.17, 15) is 9.18 Å². The largest absolute Gasteiger partial charge is 0.492 e. The smallest absolute Gasteiger partial charge is 0.254 e. The van der Waals surface area contributed by atoms with Crippen molar-refractivity contribution in [2.24, 2.45) is 0 Å². The third kappa shape index (κ3) is 4.71. The molecule has 4 N–H and O–H groups in total. The summed E-state index contributed by atoms with van der Waals surface area (Å²) >= 11 is 0. The Morgan fingerprint density at radius 1 is 1.44 bits per heavy atom. The third-order valence-corrected chi connectivity index (χ3v) is 4.38. The molecule has 1 atom stereocenters. The van der Waals surface area contributed by atoms with Crippen molar-refractivity contribution in [3.8, 4) is 0 Å². The molecule has 1 unspecified atom stereocenters. The lowest BCUT2D eigenvalue weighted by atomic mass is 10.2. The van der Waals surface area contributed by atoms with Gasteiger partial charge in [-0.2, -0.15) is 0 Å². The maximum atomic E-state index is 14.4. The number of carbonyl (C=O) groups is 1. The molecule has 0 bridgehead atoms. The lowest BCUT2D eigenvalue weighted by Crippen LogP contribution is -2.54. The molecule has 7 nitrogen and oxygen atoms in total. The second-order valence-electron chi connectivity index (χ2n) is 6.49. The number of rotatable bonds is 7. The van der Waals surface area contributed by atoms with E-state index in [-0.39, 0.29) is 31.4 Å². The first kappa shape index (κ1) is 19.0. The highest BCUT2D eigenvalue weighted by Crippen LogP contribution is 2.26. The van der Waals surface area contributed by atoms with E-state index in [0.717, 1.165) is 30.8 Å². The number of aliphatic hydroxyl groups is 1. The van der Waals surface area contributed by atoms with Crippen molar-refractivity contribution in [1.82, 2.24) is 10.6 Å². The van der Waals surface area contributed by atoms with Crippen molar-refractivity contribution in [1.29, 1.82) is 0 Å². The fourth-order valence-electron chi connectivity index (χ4n) is 3.11. The van der Waals surface area contributed by atoms with E-state index in [1.54, 1.807) is 12.1 Å². The molecule has 0 aliphatic carbocycles. The summed E-state index contributed by atoms with van der Waals surface area (Å²) < 4.78 is 20.2. The zero-order chi connectivity index (χ0) is 19.2. The molecule has 146 valence electrons. The molecule has 27 heavy (non-hydrogen) atoms. The molecule has 2 aliphatic rings. The van der Waals surface area contributed by atoms with Crippen molar-refractivity contribution in [3.05, 3.63) is 47.7 Å². The van der Waals surface area contributed by atoms with E-state index in [0.29, 0.717) is 5.69 Å². The SMILES string of the molecule is CC1=CC(=O)N(c2ccc(NCCO)c(F)c2)C(COC2=CNCCC2)N1. The van der Waals surface area contributed by atoms with Gasteiger partial charge in [-0.25, -0.2) is 4.39 Å². The van der Waals surface area contributed by atoms with Crippen LogP contribution in [0.25, 0.3) is 0 Å². The second kappa shape index (κ2) is 8.77. The first-order chi connectivity index (χ1) is 13.1. The number of anilines is 2. The minimum absolute atomic E-state index is 0.0933. The standard InChI is InChI=1S/C19H25FN4O3/c1-13-9-19(26)24(14-4-5-17(16(20)10-14)22-7-8-25)18(23-13)12-27-15-3-2-6-21-11-15/h4-5,9-11,18,21-23,25H,2-3,6-8,12H2,1H3. The molecule has 2 aliphatic heterocycles. The van der Waals surface area contributed by atoms with Crippen LogP contribution in [-0.4, -0.2) is 43.5 Å². The lowest BCUT2D eigenvalue weighted by Gasteiger charge is -2.36. The Morgan fingerprint density at radius 3 is 3.00 bits per heavy atom. The fourth-order valence-corrected chi connectivity index (χ4v) is 3.11. The van der Waals surface area contributed by atoms with E-state index in [4.69, 9.17) is 9.84 Å². The van der Waals surface area contributed by atoms with Crippen LogP contribution in [0.15, 0.2) is 41.9 Å². The summed E-state index contributed by atoms with van der Waals surface area (Å²) in [5.41, 5.74) is 1.46. The topological polar surface area (TPSA) is 85.9 Å². The fraction of sp³-hybridized carbons (Fsp3) is 0.421. The molecule has 1 aromatic carbocycles. The third-order valence-electron chi connectivity index (χ3n) is 4.38. The second-order valence-corrected chi connectivity index (χ2v) is 6.49. The van der Waals surface area contributed by atoms with Gasteiger partial charge in [0.05, 0.1) is 12.3 Å². The van der Waals surface area contributed by atoms with E-state index >= 15 is 0 Å². The van der Waals surface area contributed by atoms with Crippen LogP contribution >= 0.6 is 0 Å². The number of allylic oxidation sites excluding steroid dienone is 2. The van der Waals surface area contributed by atoms with Crippen molar-refractivity contribution in [2.45, 2.75) is 25.9 Å². The summed E-state index contributed by atoms with van der Waals surface area (Å²) in [5, 5.41) is 18.0. The molecule has 0 aromatic heterocycles. The molecule has 0 radical (unpaired) electrons. The summed E-state index contributed by atoms with van der Waals surface area (Å²) in [6.07, 6.45) is 4.73. The first-order valence-corrected chi connectivity index (χ1v) is 9.06. The number of nitrogens with zero attached hydrogens (tertiary/aromatic N) is 1. The molecule has 2 heterocycles. The van der Waals surface area contributed by atoms with Gasteiger partial charge in [-0.3, -0.25) is 9.69 Å². The van der Waals surface area contributed by atoms with Gasteiger partial charge in [0.15, 0.2) is 0 Å². The van der Waals surface area contributed by atoms with E-state index in [2.05, 4.69) is 16.0 Å². The summed E-state index contributed by atoms with van der Waals surface area (Å²) in [7, 11) is 0. The molecule has 3 rings (SSSR count). The maximum absolute atomic E-state index is 14.4. The zero-order valence-electron chi connectivity index (χ0n) is 15.3. The molecule has 1 aromatic rings. The summed E-state index contributed by atoms with van der Waals surface area (Å²) in [5.74, 6) is 0.127. The van der Waals surface area contributed by atoms with Crippen molar-refractivity contribution in [3.63, 3.8) is 0 Å². The zero-order valence-corrected chi connectivity index (χ0v) is 15.3. The van der Waals surface area contributed by atoms with Gasteiger partial charge < -0.3 is 25.8 Å². The average Bonchev–Trinajstić information content (AvgIpc) is 2.66. The highest BCUT2D eigenvalue weighted by molar-refractivity contribution is 6.03. The number of halogens is 1. The Morgan fingerprint density at radius 2 is 2.30 bits per heavy atom. The van der Waals surface area contributed by atoms with E-state index in [1.165, 1.54) is 17.0 Å². The predicted molar refractivity (Wildman–Crippen MR) is 101 cm³/mol. The van der Waals surface area contributed by atoms with Gasteiger partial charge >= 0.3 is 0 Å². The number of hydrogen-bond donors (Lipinski definition) is 4. The van der Waals surface area contributed by atoms with E-state index < -0.39 is 12.0 Å². The summed E-state index contributed by atoms with van der Waals surface area (Å²) in [6.45, 7) is 3.14. The van der Waals surface area contributed by atoms with Crippen molar-refractivity contribution >= 4 is 17.3 Å².